The molecule has 0 aliphatic rings. The molecule has 102 valence electrons. The Morgan fingerprint density at radius 3 is 2.72 bits per heavy atom. The topological polar surface area (TPSA) is 41.0 Å². The van der Waals surface area contributed by atoms with E-state index in [1.807, 2.05) is 0 Å². The van der Waals surface area contributed by atoms with Crippen molar-refractivity contribution in [1.29, 1.82) is 0 Å². The number of hydrogen-bond acceptors (Lipinski definition) is 4. The summed E-state index contributed by atoms with van der Waals surface area (Å²) in [7, 11) is 1.69. The number of aromatic nitrogens is 2. The van der Waals surface area contributed by atoms with E-state index in [0.29, 0.717) is 12.2 Å². The first-order valence-corrected chi connectivity index (χ1v) is 5.69. The van der Waals surface area contributed by atoms with Gasteiger partial charge in [0.05, 0.1) is 12.2 Å². The minimum absolute atomic E-state index is 0.0353. The fraction of sp³-hybridized carbons (Fsp3) is 0.600. The van der Waals surface area contributed by atoms with E-state index in [4.69, 9.17) is 11.6 Å². The SMILES string of the molecule is CNCCN(Cc1ccnc(Cl)n1)CC(F)(F)F. The lowest BCUT2D eigenvalue weighted by molar-refractivity contribution is -0.147. The Balaban J connectivity index is 2.65. The quantitative estimate of drug-likeness (QED) is 0.807. The molecule has 0 aromatic carbocycles. The minimum Gasteiger partial charge on any atom is -0.318 e. The molecule has 1 heterocycles. The summed E-state index contributed by atoms with van der Waals surface area (Å²) in [5.74, 6) is 0. The van der Waals surface area contributed by atoms with Crippen LogP contribution in [0.3, 0.4) is 0 Å². The predicted octanol–water partition coefficient (Wildman–Crippen LogP) is 1.71. The molecule has 0 aliphatic carbocycles. The van der Waals surface area contributed by atoms with Crippen LogP contribution in [-0.2, 0) is 6.54 Å². The third-order valence-electron chi connectivity index (χ3n) is 2.15. The molecule has 0 unspecified atom stereocenters. The van der Waals surface area contributed by atoms with E-state index in [-0.39, 0.29) is 18.4 Å². The lowest BCUT2D eigenvalue weighted by atomic mass is 10.3. The van der Waals surface area contributed by atoms with Crippen LogP contribution in [0.1, 0.15) is 5.69 Å². The van der Waals surface area contributed by atoms with Gasteiger partial charge in [-0.15, -0.1) is 0 Å². The van der Waals surface area contributed by atoms with Gasteiger partial charge in [0.1, 0.15) is 0 Å². The van der Waals surface area contributed by atoms with Crippen LogP contribution in [0.25, 0.3) is 0 Å². The summed E-state index contributed by atoms with van der Waals surface area (Å²) in [6.45, 7) is -0.147. The largest absolute Gasteiger partial charge is 0.401 e. The Hall–Kier alpha value is -0.920. The van der Waals surface area contributed by atoms with E-state index in [1.54, 1.807) is 13.1 Å². The van der Waals surface area contributed by atoms with Crippen molar-refractivity contribution >= 4 is 11.6 Å². The molecule has 0 saturated carbocycles. The Kier molecular flexibility index (Phi) is 5.77. The van der Waals surface area contributed by atoms with E-state index in [2.05, 4.69) is 15.3 Å². The third-order valence-corrected chi connectivity index (χ3v) is 2.33. The molecule has 8 heteroatoms. The number of halogens is 4. The maximum Gasteiger partial charge on any atom is 0.401 e. The average molecular weight is 283 g/mol. The Morgan fingerprint density at radius 2 is 2.17 bits per heavy atom. The minimum atomic E-state index is -4.23. The average Bonchev–Trinajstić information content (AvgIpc) is 2.24. The number of alkyl halides is 3. The molecule has 0 saturated heterocycles. The maximum atomic E-state index is 12.4. The fourth-order valence-corrected chi connectivity index (χ4v) is 1.59. The van der Waals surface area contributed by atoms with E-state index in [1.165, 1.54) is 11.1 Å². The first kappa shape index (κ1) is 15.1. The maximum absolute atomic E-state index is 12.4. The van der Waals surface area contributed by atoms with Gasteiger partial charge in [0, 0.05) is 25.8 Å². The number of nitrogens with zero attached hydrogens (tertiary/aromatic N) is 3. The van der Waals surface area contributed by atoms with Crippen LogP contribution in [-0.4, -0.2) is 47.7 Å². The van der Waals surface area contributed by atoms with Gasteiger partial charge in [-0.2, -0.15) is 13.2 Å². The highest BCUT2D eigenvalue weighted by atomic mass is 35.5. The summed E-state index contributed by atoms with van der Waals surface area (Å²) in [5.41, 5.74) is 0.468. The number of hydrogen-bond donors (Lipinski definition) is 1. The van der Waals surface area contributed by atoms with E-state index in [0.717, 1.165) is 0 Å². The smallest absolute Gasteiger partial charge is 0.318 e. The standard InChI is InChI=1S/C10H14ClF3N4/c1-15-4-5-18(7-10(12,13)14)6-8-2-3-16-9(11)17-8/h2-3,15H,4-7H2,1H3. The lowest BCUT2D eigenvalue weighted by Gasteiger charge is -2.23. The molecule has 0 aliphatic heterocycles. The number of nitrogens with one attached hydrogen (secondary N) is 1. The molecule has 0 radical (unpaired) electrons. The zero-order chi connectivity index (χ0) is 13.6. The highest BCUT2D eigenvalue weighted by Crippen LogP contribution is 2.17. The van der Waals surface area contributed by atoms with Crippen LogP contribution >= 0.6 is 11.6 Å². The molecule has 0 spiro atoms. The van der Waals surface area contributed by atoms with Crippen LogP contribution in [0.4, 0.5) is 13.2 Å². The molecule has 1 rings (SSSR count). The summed E-state index contributed by atoms with van der Waals surface area (Å²) in [4.78, 5) is 8.82. The Labute approximate surface area is 108 Å². The fourth-order valence-electron chi connectivity index (χ4n) is 1.42. The molecule has 1 aromatic rings. The Morgan fingerprint density at radius 1 is 1.44 bits per heavy atom. The van der Waals surface area contributed by atoms with Gasteiger partial charge >= 0.3 is 6.18 Å². The zero-order valence-electron chi connectivity index (χ0n) is 9.84. The van der Waals surface area contributed by atoms with Gasteiger partial charge in [0.15, 0.2) is 0 Å². The molecule has 0 amide bonds. The summed E-state index contributed by atoms with van der Waals surface area (Å²) >= 11 is 5.59. The zero-order valence-corrected chi connectivity index (χ0v) is 10.6. The van der Waals surface area contributed by atoms with Gasteiger partial charge in [-0.05, 0) is 24.7 Å². The lowest BCUT2D eigenvalue weighted by Crippen LogP contribution is -2.37. The molecular weight excluding hydrogens is 269 g/mol. The van der Waals surface area contributed by atoms with Crippen molar-refractivity contribution in [2.45, 2.75) is 12.7 Å². The summed E-state index contributed by atoms with van der Waals surface area (Å²) < 4.78 is 37.2. The van der Waals surface area contributed by atoms with Crippen LogP contribution in [0, 0.1) is 0 Å². The molecule has 0 fully saturated rings. The van der Waals surface area contributed by atoms with E-state index >= 15 is 0 Å². The van der Waals surface area contributed by atoms with Crippen molar-refractivity contribution in [3.63, 3.8) is 0 Å². The van der Waals surface area contributed by atoms with Crippen LogP contribution in [0.5, 0.6) is 0 Å². The van der Waals surface area contributed by atoms with Crippen molar-refractivity contribution in [2.75, 3.05) is 26.7 Å². The molecule has 1 N–H and O–H groups in total. The van der Waals surface area contributed by atoms with Crippen molar-refractivity contribution in [2.24, 2.45) is 0 Å². The summed E-state index contributed by atoms with van der Waals surface area (Å²) in [6.07, 6.45) is -2.81. The van der Waals surface area contributed by atoms with E-state index < -0.39 is 12.7 Å². The van der Waals surface area contributed by atoms with Crippen LogP contribution < -0.4 is 5.32 Å². The number of rotatable bonds is 6. The van der Waals surface area contributed by atoms with Gasteiger partial charge in [-0.3, -0.25) is 4.90 Å². The van der Waals surface area contributed by atoms with Crippen molar-refractivity contribution < 1.29 is 13.2 Å². The highest BCUT2D eigenvalue weighted by molar-refractivity contribution is 6.28. The van der Waals surface area contributed by atoms with Gasteiger partial charge < -0.3 is 5.32 Å². The number of likely N-dealkylation sites (N-methyl/N-ethyl adjacent to an activating group) is 1. The first-order chi connectivity index (χ1) is 8.40. The van der Waals surface area contributed by atoms with E-state index in [9.17, 15) is 13.2 Å². The van der Waals surface area contributed by atoms with Crippen LogP contribution in [0.15, 0.2) is 12.3 Å². The molecule has 4 nitrogen and oxygen atoms in total. The molecule has 0 bridgehead atoms. The van der Waals surface area contributed by atoms with Crippen molar-refractivity contribution in [3.8, 4) is 0 Å². The molecule has 0 atom stereocenters. The molecular formula is C10H14ClF3N4. The normalized spacial score (nSPS) is 12.1. The molecule has 18 heavy (non-hydrogen) atoms. The summed E-state index contributed by atoms with van der Waals surface area (Å²) in [5, 5.41) is 2.85. The highest BCUT2D eigenvalue weighted by Gasteiger charge is 2.30. The van der Waals surface area contributed by atoms with Gasteiger partial charge in [0.2, 0.25) is 5.28 Å². The van der Waals surface area contributed by atoms with Gasteiger partial charge in [-0.25, -0.2) is 9.97 Å². The van der Waals surface area contributed by atoms with Gasteiger partial charge in [0.25, 0.3) is 0 Å². The summed E-state index contributed by atoms with van der Waals surface area (Å²) in [6, 6.07) is 1.55. The second kappa shape index (κ2) is 6.86. The van der Waals surface area contributed by atoms with Crippen LogP contribution in [0.2, 0.25) is 5.28 Å². The second-order valence-electron chi connectivity index (χ2n) is 3.75. The monoisotopic (exact) mass is 282 g/mol. The van der Waals surface area contributed by atoms with Gasteiger partial charge in [-0.1, -0.05) is 0 Å². The second-order valence-corrected chi connectivity index (χ2v) is 4.08. The predicted molar refractivity (Wildman–Crippen MR) is 62.3 cm³/mol. The Bertz CT molecular complexity index is 372. The molecule has 1 aromatic heterocycles. The van der Waals surface area contributed by atoms with Crippen molar-refractivity contribution in [3.05, 3.63) is 23.2 Å². The third kappa shape index (κ3) is 6.13. The first-order valence-electron chi connectivity index (χ1n) is 5.32. The van der Waals surface area contributed by atoms with Crippen molar-refractivity contribution in [1.82, 2.24) is 20.2 Å².